The Kier molecular flexibility index (Phi) is 10.4. The Balaban J connectivity index is 0.000000231. The second-order valence-corrected chi connectivity index (χ2v) is 7.80. The van der Waals surface area contributed by atoms with Gasteiger partial charge < -0.3 is 15.3 Å². The van der Waals surface area contributed by atoms with E-state index in [1.165, 1.54) is 38.5 Å². The van der Waals surface area contributed by atoms with Crippen molar-refractivity contribution in [2.75, 3.05) is 6.61 Å². The summed E-state index contributed by atoms with van der Waals surface area (Å²) in [5.74, 6) is 2.25. The minimum absolute atomic E-state index is 0.00338. The molecule has 0 saturated heterocycles. The van der Waals surface area contributed by atoms with E-state index in [1.54, 1.807) is 0 Å². The topological polar surface area (TPSA) is 60.7 Å². The van der Waals surface area contributed by atoms with Gasteiger partial charge in [0.15, 0.2) is 0 Å². The van der Waals surface area contributed by atoms with E-state index >= 15 is 0 Å². The molecule has 0 spiro atoms. The largest absolute Gasteiger partial charge is 0.396 e. The molecule has 2 aliphatic rings. The molecule has 2 fully saturated rings. The third-order valence-corrected chi connectivity index (χ3v) is 6.18. The summed E-state index contributed by atoms with van der Waals surface area (Å²) >= 11 is 0. The van der Waals surface area contributed by atoms with Gasteiger partial charge in [0.25, 0.3) is 0 Å². The average molecular weight is 329 g/mol. The molecule has 0 aromatic rings. The van der Waals surface area contributed by atoms with Crippen LogP contribution in [0.25, 0.3) is 0 Å². The molecule has 0 aromatic carbocycles. The molecule has 6 unspecified atom stereocenters. The van der Waals surface area contributed by atoms with Crippen LogP contribution in [0.3, 0.4) is 0 Å². The monoisotopic (exact) mass is 328 g/mol. The van der Waals surface area contributed by atoms with E-state index in [-0.39, 0.29) is 24.7 Å². The lowest BCUT2D eigenvalue weighted by molar-refractivity contribution is 0.0151. The number of aliphatic hydroxyl groups is 3. The van der Waals surface area contributed by atoms with Gasteiger partial charge in [-0.1, -0.05) is 46.5 Å². The molecular weight excluding hydrogens is 288 g/mol. The maximum atomic E-state index is 9.80. The lowest BCUT2D eigenvalue weighted by Gasteiger charge is -2.32. The van der Waals surface area contributed by atoms with Crippen LogP contribution in [0.4, 0.5) is 0 Å². The summed E-state index contributed by atoms with van der Waals surface area (Å²) in [5, 5.41) is 28.2. The number of hydrogen-bond acceptors (Lipinski definition) is 3. The number of rotatable bonds is 5. The van der Waals surface area contributed by atoms with Crippen LogP contribution < -0.4 is 0 Å². The molecule has 0 amide bonds. The summed E-state index contributed by atoms with van der Waals surface area (Å²) < 4.78 is 0. The first-order valence-electron chi connectivity index (χ1n) is 10.0. The lowest BCUT2D eigenvalue weighted by Crippen LogP contribution is -2.31. The summed E-state index contributed by atoms with van der Waals surface area (Å²) in [5.41, 5.74) is 0. The van der Waals surface area contributed by atoms with Crippen molar-refractivity contribution in [2.45, 2.75) is 97.2 Å². The van der Waals surface area contributed by atoms with E-state index in [9.17, 15) is 10.2 Å². The molecule has 2 aliphatic carbocycles. The number of hydrogen-bond donors (Lipinski definition) is 3. The molecule has 3 N–H and O–H groups in total. The smallest absolute Gasteiger partial charge is 0.0592 e. The standard InChI is InChI=1S/C11H22O.C9H18O2/c1-3-5-10-7-6-9(4-2)8-11(10)12;1-2-7-3-4-8(6-10)9(11)5-7/h9-12H,3-8H2,1-2H3;7-11H,2-6H2,1H3. The molecule has 23 heavy (non-hydrogen) atoms. The summed E-state index contributed by atoms with van der Waals surface area (Å²) in [6, 6.07) is 0. The van der Waals surface area contributed by atoms with Crippen LogP contribution in [-0.4, -0.2) is 34.1 Å². The van der Waals surface area contributed by atoms with Gasteiger partial charge in [-0.3, -0.25) is 0 Å². The van der Waals surface area contributed by atoms with Crippen molar-refractivity contribution >= 4 is 0 Å². The second kappa shape index (κ2) is 11.4. The molecule has 0 bridgehead atoms. The van der Waals surface area contributed by atoms with E-state index in [2.05, 4.69) is 20.8 Å². The Bertz CT molecular complexity index is 295. The predicted octanol–water partition coefficient (Wildman–Crippen LogP) is 4.14. The zero-order chi connectivity index (χ0) is 17.2. The SMILES string of the molecule is CCC1CCC(CO)C(O)C1.CCCC1CCC(CC)CC1O. The molecule has 2 saturated carbocycles. The van der Waals surface area contributed by atoms with Crippen LogP contribution in [0.2, 0.25) is 0 Å². The van der Waals surface area contributed by atoms with Gasteiger partial charge in [0.2, 0.25) is 0 Å². The molecule has 0 radical (unpaired) electrons. The Morgan fingerprint density at radius 1 is 0.739 bits per heavy atom. The van der Waals surface area contributed by atoms with Crippen molar-refractivity contribution in [2.24, 2.45) is 23.7 Å². The van der Waals surface area contributed by atoms with E-state index in [1.807, 2.05) is 0 Å². The highest BCUT2D eigenvalue weighted by Gasteiger charge is 2.28. The van der Waals surface area contributed by atoms with E-state index in [0.29, 0.717) is 11.8 Å². The Labute approximate surface area is 143 Å². The van der Waals surface area contributed by atoms with E-state index < -0.39 is 0 Å². The van der Waals surface area contributed by atoms with Gasteiger partial charge in [0.05, 0.1) is 12.2 Å². The van der Waals surface area contributed by atoms with E-state index in [4.69, 9.17) is 5.11 Å². The second-order valence-electron chi connectivity index (χ2n) is 7.80. The highest BCUT2D eigenvalue weighted by molar-refractivity contribution is 4.79. The summed E-state index contributed by atoms with van der Waals surface area (Å²) in [6.45, 7) is 6.75. The first kappa shape index (κ1) is 20.9. The predicted molar refractivity (Wildman–Crippen MR) is 96.3 cm³/mol. The van der Waals surface area contributed by atoms with Gasteiger partial charge in [0, 0.05) is 12.5 Å². The lowest BCUT2D eigenvalue weighted by atomic mass is 9.77. The summed E-state index contributed by atoms with van der Waals surface area (Å²) in [6.07, 6.45) is 11.3. The van der Waals surface area contributed by atoms with Crippen LogP contribution in [0.5, 0.6) is 0 Å². The first-order chi connectivity index (χ1) is 11.0. The zero-order valence-electron chi connectivity index (χ0n) is 15.6. The first-order valence-corrected chi connectivity index (χ1v) is 10.0. The molecule has 0 heterocycles. The third kappa shape index (κ3) is 7.11. The van der Waals surface area contributed by atoms with Crippen molar-refractivity contribution < 1.29 is 15.3 Å². The Hall–Kier alpha value is -0.120. The van der Waals surface area contributed by atoms with Gasteiger partial charge in [-0.15, -0.1) is 0 Å². The van der Waals surface area contributed by atoms with Crippen LogP contribution in [0.1, 0.15) is 85.0 Å². The van der Waals surface area contributed by atoms with Crippen molar-refractivity contribution in [1.82, 2.24) is 0 Å². The fourth-order valence-corrected chi connectivity index (χ4v) is 4.25. The quantitative estimate of drug-likeness (QED) is 0.711. The maximum absolute atomic E-state index is 9.80. The highest BCUT2D eigenvalue weighted by atomic mass is 16.3. The molecule has 0 aliphatic heterocycles. The van der Waals surface area contributed by atoms with Crippen LogP contribution in [0.15, 0.2) is 0 Å². The average Bonchev–Trinajstić information content (AvgIpc) is 2.57. The summed E-state index contributed by atoms with van der Waals surface area (Å²) in [7, 11) is 0. The van der Waals surface area contributed by atoms with Crippen molar-refractivity contribution in [3.63, 3.8) is 0 Å². The van der Waals surface area contributed by atoms with Gasteiger partial charge in [-0.25, -0.2) is 0 Å². The van der Waals surface area contributed by atoms with Gasteiger partial charge >= 0.3 is 0 Å². The molecule has 2 rings (SSSR count). The maximum Gasteiger partial charge on any atom is 0.0592 e. The van der Waals surface area contributed by atoms with Crippen LogP contribution in [-0.2, 0) is 0 Å². The van der Waals surface area contributed by atoms with Crippen molar-refractivity contribution in [3.05, 3.63) is 0 Å². The van der Waals surface area contributed by atoms with Crippen molar-refractivity contribution in [1.29, 1.82) is 0 Å². The van der Waals surface area contributed by atoms with Crippen molar-refractivity contribution in [3.8, 4) is 0 Å². The van der Waals surface area contributed by atoms with Crippen LogP contribution in [0, 0.1) is 23.7 Å². The zero-order valence-corrected chi connectivity index (χ0v) is 15.6. The minimum atomic E-state index is -0.251. The van der Waals surface area contributed by atoms with Gasteiger partial charge in [0.1, 0.15) is 0 Å². The van der Waals surface area contributed by atoms with Gasteiger partial charge in [-0.2, -0.15) is 0 Å². The normalized spacial score (nSPS) is 37.8. The van der Waals surface area contributed by atoms with Gasteiger partial charge in [-0.05, 0) is 56.3 Å². The Morgan fingerprint density at radius 3 is 1.57 bits per heavy atom. The Morgan fingerprint density at radius 2 is 1.22 bits per heavy atom. The molecule has 3 heteroatoms. The highest BCUT2D eigenvalue weighted by Crippen LogP contribution is 2.33. The molecular formula is C20H40O3. The minimum Gasteiger partial charge on any atom is -0.396 e. The fourth-order valence-electron chi connectivity index (χ4n) is 4.25. The molecule has 3 nitrogen and oxygen atoms in total. The fraction of sp³-hybridized carbons (Fsp3) is 1.00. The summed E-state index contributed by atoms with van der Waals surface area (Å²) in [4.78, 5) is 0. The molecule has 6 atom stereocenters. The van der Waals surface area contributed by atoms with Crippen LogP contribution >= 0.6 is 0 Å². The third-order valence-electron chi connectivity index (χ3n) is 6.18. The van der Waals surface area contributed by atoms with E-state index in [0.717, 1.165) is 31.6 Å². The molecule has 138 valence electrons. The number of aliphatic hydroxyl groups excluding tert-OH is 3. The molecule has 0 aromatic heterocycles.